The molecule has 4 nitrogen and oxygen atoms in total. The summed E-state index contributed by atoms with van der Waals surface area (Å²) in [7, 11) is 0. The van der Waals surface area contributed by atoms with E-state index in [2.05, 4.69) is 25.7 Å². The maximum Gasteiger partial charge on any atom is 0.223 e. The minimum atomic E-state index is 0.0336. The number of anilines is 1. The lowest BCUT2D eigenvalue weighted by molar-refractivity contribution is -0.133. The second kappa shape index (κ2) is 5.73. The Morgan fingerprint density at radius 2 is 1.75 bits per heavy atom. The number of rotatable bonds is 2. The first kappa shape index (κ1) is 14.7. The molecule has 20 heavy (non-hydrogen) atoms. The second-order valence-corrected chi connectivity index (χ2v) is 6.59. The number of phenolic OH excluding ortho intramolecular Hbond substituents is 1. The molecule has 1 fully saturated rings. The van der Waals surface area contributed by atoms with Gasteiger partial charge in [-0.2, -0.15) is 0 Å². The second-order valence-electron chi connectivity index (χ2n) is 6.59. The Kier molecular flexibility index (Phi) is 4.21. The van der Waals surface area contributed by atoms with Crippen LogP contribution in [0.1, 0.15) is 27.2 Å². The molecule has 1 saturated heterocycles. The average molecular weight is 276 g/mol. The molecule has 0 spiro atoms. The molecule has 0 unspecified atom stereocenters. The number of piperazine rings is 1. The number of hydrogen-bond acceptors (Lipinski definition) is 3. The van der Waals surface area contributed by atoms with E-state index >= 15 is 0 Å². The molecule has 0 bridgehead atoms. The quantitative estimate of drug-likeness (QED) is 0.902. The molecular weight excluding hydrogens is 252 g/mol. The number of carbonyl (C=O) groups excluding carboxylic acids is 1. The Hall–Kier alpha value is -1.71. The number of benzene rings is 1. The van der Waals surface area contributed by atoms with Crippen LogP contribution in [0, 0.1) is 5.41 Å². The topological polar surface area (TPSA) is 43.8 Å². The van der Waals surface area contributed by atoms with E-state index in [1.54, 1.807) is 6.07 Å². The third kappa shape index (κ3) is 3.65. The van der Waals surface area contributed by atoms with Gasteiger partial charge in [0.25, 0.3) is 0 Å². The lowest BCUT2D eigenvalue weighted by atomic mass is 9.91. The van der Waals surface area contributed by atoms with Crippen molar-refractivity contribution in [3.63, 3.8) is 0 Å². The zero-order valence-corrected chi connectivity index (χ0v) is 12.6. The maximum atomic E-state index is 12.2. The van der Waals surface area contributed by atoms with E-state index in [-0.39, 0.29) is 11.3 Å². The molecule has 1 N–H and O–H groups in total. The van der Waals surface area contributed by atoms with E-state index < -0.39 is 0 Å². The molecule has 110 valence electrons. The van der Waals surface area contributed by atoms with Crippen molar-refractivity contribution in [1.82, 2.24) is 4.90 Å². The van der Waals surface area contributed by atoms with Crippen LogP contribution in [0.25, 0.3) is 0 Å². The summed E-state index contributed by atoms with van der Waals surface area (Å²) >= 11 is 0. The van der Waals surface area contributed by atoms with Gasteiger partial charge in [-0.3, -0.25) is 4.79 Å². The summed E-state index contributed by atoms with van der Waals surface area (Å²) in [6.45, 7) is 9.25. The number of nitrogens with zero attached hydrogens (tertiary/aromatic N) is 2. The van der Waals surface area contributed by atoms with Gasteiger partial charge in [-0.15, -0.1) is 0 Å². The number of para-hydroxylation sites is 2. The monoisotopic (exact) mass is 276 g/mol. The van der Waals surface area contributed by atoms with E-state index in [1.807, 2.05) is 23.1 Å². The van der Waals surface area contributed by atoms with Gasteiger partial charge in [-0.25, -0.2) is 0 Å². The van der Waals surface area contributed by atoms with E-state index in [0.717, 1.165) is 31.9 Å². The SMILES string of the molecule is CC(C)(C)CC(=O)N1CCN(c2ccccc2O)CC1. The molecule has 0 aromatic heterocycles. The van der Waals surface area contributed by atoms with Crippen molar-refractivity contribution in [2.75, 3.05) is 31.1 Å². The predicted molar refractivity (Wildman–Crippen MR) is 81.0 cm³/mol. The number of phenols is 1. The molecule has 1 aromatic rings. The van der Waals surface area contributed by atoms with Crippen molar-refractivity contribution >= 4 is 11.6 Å². The Morgan fingerprint density at radius 1 is 1.15 bits per heavy atom. The smallest absolute Gasteiger partial charge is 0.223 e. The van der Waals surface area contributed by atoms with Crippen molar-refractivity contribution in [3.05, 3.63) is 24.3 Å². The van der Waals surface area contributed by atoms with Crippen molar-refractivity contribution in [3.8, 4) is 5.75 Å². The van der Waals surface area contributed by atoms with Gasteiger partial charge in [0.1, 0.15) is 5.75 Å². The fraction of sp³-hybridized carbons (Fsp3) is 0.562. The van der Waals surface area contributed by atoms with Gasteiger partial charge < -0.3 is 14.9 Å². The summed E-state index contributed by atoms with van der Waals surface area (Å²) in [6.07, 6.45) is 0.587. The van der Waals surface area contributed by atoms with E-state index in [1.165, 1.54) is 0 Å². The van der Waals surface area contributed by atoms with Crippen LogP contribution in [0.4, 0.5) is 5.69 Å². The van der Waals surface area contributed by atoms with E-state index in [0.29, 0.717) is 12.2 Å². The zero-order valence-electron chi connectivity index (χ0n) is 12.6. The third-order valence-corrected chi connectivity index (χ3v) is 3.54. The molecule has 1 aliphatic heterocycles. The van der Waals surface area contributed by atoms with Gasteiger partial charge in [0, 0.05) is 32.6 Å². The third-order valence-electron chi connectivity index (χ3n) is 3.54. The van der Waals surface area contributed by atoms with Crippen LogP contribution in [-0.4, -0.2) is 42.1 Å². The summed E-state index contributed by atoms with van der Waals surface area (Å²) in [5.41, 5.74) is 0.891. The number of hydrogen-bond donors (Lipinski definition) is 1. The highest BCUT2D eigenvalue weighted by Gasteiger charge is 2.25. The van der Waals surface area contributed by atoms with Crippen LogP contribution in [-0.2, 0) is 4.79 Å². The van der Waals surface area contributed by atoms with E-state index in [9.17, 15) is 9.90 Å². The zero-order chi connectivity index (χ0) is 14.8. The van der Waals surface area contributed by atoms with Crippen molar-refractivity contribution in [2.45, 2.75) is 27.2 Å². The average Bonchev–Trinajstić information content (AvgIpc) is 2.37. The van der Waals surface area contributed by atoms with Gasteiger partial charge in [-0.05, 0) is 17.5 Å². The Balaban J connectivity index is 1.93. The lowest BCUT2D eigenvalue weighted by Gasteiger charge is -2.37. The summed E-state index contributed by atoms with van der Waals surface area (Å²) in [5, 5.41) is 9.87. The van der Waals surface area contributed by atoms with Gasteiger partial charge in [0.2, 0.25) is 5.91 Å². The highest BCUT2D eigenvalue weighted by Crippen LogP contribution is 2.27. The molecular formula is C16H24N2O2. The number of amides is 1. The molecule has 4 heteroatoms. The Labute approximate surface area is 121 Å². The highest BCUT2D eigenvalue weighted by atomic mass is 16.3. The molecule has 1 amide bonds. The first-order valence-electron chi connectivity index (χ1n) is 7.17. The van der Waals surface area contributed by atoms with Crippen molar-refractivity contribution in [1.29, 1.82) is 0 Å². The molecule has 1 aliphatic rings. The molecule has 1 aromatic carbocycles. The summed E-state index contributed by atoms with van der Waals surface area (Å²) in [6, 6.07) is 7.36. The first-order valence-corrected chi connectivity index (χ1v) is 7.17. The largest absolute Gasteiger partial charge is 0.506 e. The Morgan fingerprint density at radius 3 is 2.30 bits per heavy atom. The summed E-state index contributed by atoms with van der Waals surface area (Å²) < 4.78 is 0. The molecule has 2 rings (SSSR count). The lowest BCUT2D eigenvalue weighted by Crippen LogP contribution is -2.49. The molecule has 0 radical (unpaired) electrons. The highest BCUT2D eigenvalue weighted by molar-refractivity contribution is 5.77. The normalized spacial score (nSPS) is 16.4. The van der Waals surface area contributed by atoms with Crippen LogP contribution in [0.15, 0.2) is 24.3 Å². The fourth-order valence-electron chi connectivity index (χ4n) is 2.49. The Bertz CT molecular complexity index is 472. The maximum absolute atomic E-state index is 12.2. The standard InChI is InChI=1S/C16H24N2O2/c1-16(2,3)12-15(20)18-10-8-17(9-11-18)13-6-4-5-7-14(13)19/h4-7,19H,8-12H2,1-3H3. The summed E-state index contributed by atoms with van der Waals surface area (Å²) in [5.74, 6) is 0.538. The van der Waals surface area contributed by atoms with Crippen LogP contribution in [0.2, 0.25) is 0 Å². The van der Waals surface area contributed by atoms with Gasteiger partial charge in [0.05, 0.1) is 5.69 Å². The van der Waals surface area contributed by atoms with Crippen molar-refractivity contribution < 1.29 is 9.90 Å². The summed E-state index contributed by atoms with van der Waals surface area (Å²) in [4.78, 5) is 16.2. The molecule has 0 atom stereocenters. The van der Waals surface area contributed by atoms with Crippen LogP contribution >= 0.6 is 0 Å². The predicted octanol–water partition coefficient (Wildman–Crippen LogP) is 2.48. The van der Waals surface area contributed by atoms with Gasteiger partial charge in [0.15, 0.2) is 0 Å². The number of aromatic hydroxyl groups is 1. The van der Waals surface area contributed by atoms with Crippen molar-refractivity contribution in [2.24, 2.45) is 5.41 Å². The van der Waals surface area contributed by atoms with E-state index in [4.69, 9.17) is 0 Å². The molecule has 0 aliphatic carbocycles. The van der Waals surface area contributed by atoms with Crippen LogP contribution < -0.4 is 4.90 Å². The first-order chi connectivity index (χ1) is 9.37. The van der Waals surface area contributed by atoms with Crippen LogP contribution in [0.3, 0.4) is 0 Å². The van der Waals surface area contributed by atoms with Gasteiger partial charge in [-0.1, -0.05) is 32.9 Å². The minimum Gasteiger partial charge on any atom is -0.506 e. The van der Waals surface area contributed by atoms with Gasteiger partial charge >= 0.3 is 0 Å². The minimum absolute atomic E-state index is 0.0336. The fourth-order valence-corrected chi connectivity index (χ4v) is 2.49. The van der Waals surface area contributed by atoms with Crippen LogP contribution in [0.5, 0.6) is 5.75 Å². The molecule has 1 heterocycles. The number of carbonyl (C=O) groups is 1. The molecule has 0 saturated carbocycles.